The predicted octanol–water partition coefficient (Wildman–Crippen LogP) is 16.4. The molecule has 0 aliphatic heterocycles. The first-order chi connectivity index (χ1) is 28.5. The van der Waals surface area contributed by atoms with Gasteiger partial charge in [0.05, 0.1) is 0 Å². The van der Waals surface area contributed by atoms with Gasteiger partial charge in [-0.1, -0.05) is 231 Å². The first kappa shape index (κ1) is 55.9. The molecule has 0 spiro atoms. The highest BCUT2D eigenvalue weighted by atomic mass is 16.6. The van der Waals surface area contributed by atoms with E-state index in [-0.39, 0.29) is 31.1 Å². The maximum absolute atomic E-state index is 12.8. The van der Waals surface area contributed by atoms with E-state index in [1.54, 1.807) is 0 Å². The van der Waals surface area contributed by atoms with Crippen LogP contribution in [0, 0.1) is 0 Å². The molecule has 0 aromatic heterocycles. The highest BCUT2D eigenvalue weighted by Gasteiger charge is 2.19. The molecule has 0 aliphatic rings. The van der Waals surface area contributed by atoms with Crippen molar-refractivity contribution in [3.8, 4) is 0 Å². The Labute approximate surface area is 360 Å². The first-order valence-electron chi connectivity index (χ1n) is 25.4. The summed E-state index contributed by atoms with van der Waals surface area (Å²) in [7, 11) is 0. The molecule has 0 saturated carbocycles. The molecular formula is C52H96O6. The number of hydrogen-bond acceptors (Lipinski definition) is 6. The van der Waals surface area contributed by atoms with Crippen molar-refractivity contribution >= 4 is 17.9 Å². The Morgan fingerprint density at radius 1 is 0.345 bits per heavy atom. The molecule has 340 valence electrons. The van der Waals surface area contributed by atoms with Crippen molar-refractivity contribution in [3.63, 3.8) is 0 Å². The topological polar surface area (TPSA) is 78.9 Å². The fourth-order valence-electron chi connectivity index (χ4n) is 7.37. The Kier molecular flexibility index (Phi) is 45.8. The van der Waals surface area contributed by atoms with E-state index >= 15 is 0 Å². The van der Waals surface area contributed by atoms with E-state index < -0.39 is 6.10 Å². The molecule has 0 aromatic carbocycles. The van der Waals surface area contributed by atoms with Gasteiger partial charge in [0.15, 0.2) is 6.10 Å². The molecule has 58 heavy (non-hydrogen) atoms. The lowest BCUT2D eigenvalue weighted by molar-refractivity contribution is -0.167. The normalized spacial score (nSPS) is 12.1. The van der Waals surface area contributed by atoms with Gasteiger partial charge in [0.2, 0.25) is 0 Å². The second kappa shape index (κ2) is 47.6. The van der Waals surface area contributed by atoms with Crippen LogP contribution in [-0.4, -0.2) is 37.2 Å². The fraction of sp³-hybridized carbons (Fsp3) is 0.865. The van der Waals surface area contributed by atoms with E-state index in [1.807, 2.05) is 0 Å². The standard InChI is InChI=1S/C52H96O6/c1-4-7-10-13-16-19-22-25-26-28-30-33-36-39-42-45-51(54)57-48-49(47-56-50(53)44-41-38-35-32-29-24-21-18-15-12-9-6-3)58-52(55)46-43-40-37-34-31-27-23-20-17-14-11-8-5-2/h16,19,22,25,49H,4-15,17-18,20-21,23-24,26-48H2,1-3H3/b19-16-,25-22-. The first-order valence-corrected chi connectivity index (χ1v) is 25.4. The van der Waals surface area contributed by atoms with Crippen LogP contribution in [0.1, 0.15) is 271 Å². The molecule has 0 aromatic rings. The van der Waals surface area contributed by atoms with Gasteiger partial charge in [-0.3, -0.25) is 14.4 Å². The number of rotatable bonds is 46. The molecule has 0 amide bonds. The van der Waals surface area contributed by atoms with Crippen LogP contribution in [0.15, 0.2) is 24.3 Å². The van der Waals surface area contributed by atoms with Gasteiger partial charge in [-0.2, -0.15) is 0 Å². The number of allylic oxidation sites excluding steroid dienone is 4. The molecule has 0 aliphatic carbocycles. The summed E-state index contributed by atoms with van der Waals surface area (Å²) in [6.45, 7) is 6.62. The number of carbonyl (C=O) groups excluding carboxylic acids is 3. The Balaban J connectivity index is 4.35. The molecule has 0 radical (unpaired) electrons. The molecule has 0 saturated heterocycles. The third-order valence-corrected chi connectivity index (χ3v) is 11.2. The Hall–Kier alpha value is -2.11. The van der Waals surface area contributed by atoms with Gasteiger partial charge in [0, 0.05) is 19.3 Å². The van der Waals surface area contributed by atoms with Crippen molar-refractivity contribution in [2.75, 3.05) is 13.2 Å². The quantitative estimate of drug-likeness (QED) is 0.0263. The van der Waals surface area contributed by atoms with Crippen molar-refractivity contribution in [1.29, 1.82) is 0 Å². The number of ether oxygens (including phenoxy) is 3. The zero-order valence-corrected chi connectivity index (χ0v) is 38.8. The molecule has 1 atom stereocenters. The lowest BCUT2D eigenvalue weighted by atomic mass is 10.0. The summed E-state index contributed by atoms with van der Waals surface area (Å²) in [5.74, 6) is -0.870. The average molecular weight is 817 g/mol. The minimum atomic E-state index is -0.769. The van der Waals surface area contributed by atoms with E-state index in [1.165, 1.54) is 167 Å². The Bertz CT molecular complexity index is 942. The van der Waals surface area contributed by atoms with Crippen LogP contribution in [0.3, 0.4) is 0 Å². The molecule has 6 nitrogen and oxygen atoms in total. The van der Waals surface area contributed by atoms with E-state index in [0.717, 1.165) is 64.2 Å². The van der Waals surface area contributed by atoms with Crippen LogP contribution >= 0.6 is 0 Å². The van der Waals surface area contributed by atoms with Gasteiger partial charge in [0.1, 0.15) is 13.2 Å². The molecule has 0 N–H and O–H groups in total. The minimum absolute atomic E-state index is 0.0703. The van der Waals surface area contributed by atoms with Crippen LogP contribution in [0.4, 0.5) is 0 Å². The molecule has 0 heterocycles. The van der Waals surface area contributed by atoms with Crippen molar-refractivity contribution in [1.82, 2.24) is 0 Å². The Morgan fingerprint density at radius 3 is 0.948 bits per heavy atom. The van der Waals surface area contributed by atoms with Gasteiger partial charge in [0.25, 0.3) is 0 Å². The monoisotopic (exact) mass is 817 g/mol. The molecule has 0 bridgehead atoms. The summed E-state index contributed by atoms with van der Waals surface area (Å²) < 4.78 is 16.8. The lowest BCUT2D eigenvalue weighted by Gasteiger charge is -2.18. The van der Waals surface area contributed by atoms with E-state index in [9.17, 15) is 14.4 Å². The minimum Gasteiger partial charge on any atom is -0.462 e. The number of unbranched alkanes of at least 4 members (excludes halogenated alkanes) is 32. The van der Waals surface area contributed by atoms with Crippen molar-refractivity contribution in [3.05, 3.63) is 24.3 Å². The van der Waals surface area contributed by atoms with Gasteiger partial charge in [-0.25, -0.2) is 0 Å². The third-order valence-electron chi connectivity index (χ3n) is 11.2. The number of carbonyl (C=O) groups is 3. The number of esters is 3. The maximum atomic E-state index is 12.8. The fourth-order valence-corrected chi connectivity index (χ4v) is 7.37. The van der Waals surface area contributed by atoms with Crippen LogP contribution in [0.2, 0.25) is 0 Å². The van der Waals surface area contributed by atoms with E-state index in [2.05, 4.69) is 45.1 Å². The zero-order chi connectivity index (χ0) is 42.3. The smallest absolute Gasteiger partial charge is 0.306 e. The summed E-state index contributed by atoms with van der Waals surface area (Å²) in [5.41, 5.74) is 0. The SMILES string of the molecule is CCCCC/C=C\C=C/CCCCCCCCC(=O)OCC(COC(=O)CCCCCCCCCCCCCC)OC(=O)CCCCCCCCCCCCCCC. The van der Waals surface area contributed by atoms with Crippen LogP contribution in [0.25, 0.3) is 0 Å². The van der Waals surface area contributed by atoms with E-state index in [4.69, 9.17) is 14.2 Å². The molecule has 0 rings (SSSR count). The van der Waals surface area contributed by atoms with Crippen molar-refractivity contribution < 1.29 is 28.6 Å². The molecule has 1 unspecified atom stereocenters. The predicted molar refractivity (Wildman–Crippen MR) is 247 cm³/mol. The summed E-state index contributed by atoms with van der Waals surface area (Å²) in [6.07, 6.45) is 52.9. The summed E-state index contributed by atoms with van der Waals surface area (Å²) in [5, 5.41) is 0. The molecule has 0 fully saturated rings. The van der Waals surface area contributed by atoms with Gasteiger partial charge < -0.3 is 14.2 Å². The van der Waals surface area contributed by atoms with Crippen LogP contribution < -0.4 is 0 Å². The van der Waals surface area contributed by atoms with Crippen LogP contribution in [-0.2, 0) is 28.6 Å². The number of hydrogen-bond donors (Lipinski definition) is 0. The Morgan fingerprint density at radius 2 is 0.603 bits per heavy atom. The molecular weight excluding hydrogens is 721 g/mol. The van der Waals surface area contributed by atoms with Gasteiger partial charge in [-0.15, -0.1) is 0 Å². The summed E-state index contributed by atoms with van der Waals surface area (Å²) >= 11 is 0. The second-order valence-electron chi connectivity index (χ2n) is 17.1. The van der Waals surface area contributed by atoms with Crippen LogP contribution in [0.5, 0.6) is 0 Å². The zero-order valence-electron chi connectivity index (χ0n) is 38.8. The highest BCUT2D eigenvalue weighted by Crippen LogP contribution is 2.16. The second-order valence-corrected chi connectivity index (χ2v) is 17.1. The summed E-state index contributed by atoms with van der Waals surface area (Å²) in [4.78, 5) is 37.9. The van der Waals surface area contributed by atoms with Gasteiger partial charge >= 0.3 is 17.9 Å². The average Bonchev–Trinajstić information content (AvgIpc) is 3.22. The van der Waals surface area contributed by atoms with Crippen molar-refractivity contribution in [2.45, 2.75) is 277 Å². The molecule has 6 heteroatoms. The maximum Gasteiger partial charge on any atom is 0.306 e. The largest absolute Gasteiger partial charge is 0.462 e. The van der Waals surface area contributed by atoms with Gasteiger partial charge in [-0.05, 0) is 44.9 Å². The highest BCUT2D eigenvalue weighted by molar-refractivity contribution is 5.71. The van der Waals surface area contributed by atoms with E-state index in [0.29, 0.717) is 19.3 Å². The summed E-state index contributed by atoms with van der Waals surface area (Å²) in [6, 6.07) is 0. The van der Waals surface area contributed by atoms with Crippen molar-refractivity contribution in [2.24, 2.45) is 0 Å². The lowest BCUT2D eigenvalue weighted by Crippen LogP contribution is -2.30. The third kappa shape index (κ3) is 45.0.